The molecule has 28 heavy (non-hydrogen) atoms. The van der Waals surface area contributed by atoms with E-state index >= 15 is 0 Å². The van der Waals surface area contributed by atoms with E-state index in [0.29, 0.717) is 29.8 Å². The van der Waals surface area contributed by atoms with E-state index < -0.39 is 10.0 Å². The summed E-state index contributed by atoms with van der Waals surface area (Å²) in [5, 5.41) is 8.07. The Morgan fingerprint density at radius 2 is 1.89 bits per heavy atom. The number of carbonyl (C=O) groups excluding carboxylic acids is 1. The van der Waals surface area contributed by atoms with Crippen molar-refractivity contribution in [3.8, 4) is 0 Å². The number of carbonyl (C=O) groups is 1. The predicted octanol–water partition coefficient (Wildman–Crippen LogP) is 2.88. The minimum atomic E-state index is -3.83. The summed E-state index contributed by atoms with van der Waals surface area (Å²) in [4.78, 5) is 14.9. The lowest BCUT2D eigenvalue weighted by molar-refractivity contribution is -0.118. The van der Waals surface area contributed by atoms with Gasteiger partial charge in [-0.05, 0) is 55.9 Å². The normalized spacial score (nSPS) is 15.4. The Kier molecular flexibility index (Phi) is 6.17. The Labute approximate surface area is 166 Å². The molecule has 6 nitrogen and oxygen atoms in total. The number of hydrogen-bond acceptors (Lipinski definition) is 4. The van der Waals surface area contributed by atoms with E-state index in [0.717, 1.165) is 5.56 Å². The van der Waals surface area contributed by atoms with E-state index in [1.807, 2.05) is 18.2 Å². The van der Waals surface area contributed by atoms with Crippen LogP contribution in [0.2, 0.25) is 0 Å². The number of benzene rings is 2. The lowest BCUT2D eigenvalue weighted by Gasteiger charge is -2.28. The summed E-state index contributed by atoms with van der Waals surface area (Å²) >= 11 is 0. The lowest BCUT2D eigenvalue weighted by atomic mass is 10.1. The maximum atomic E-state index is 12.7. The molecule has 0 spiro atoms. The molecule has 7 heteroatoms. The molecule has 1 atom stereocenters. The molecule has 1 saturated carbocycles. The fourth-order valence-electron chi connectivity index (χ4n) is 3.41. The van der Waals surface area contributed by atoms with Crippen LogP contribution >= 0.6 is 0 Å². The highest BCUT2D eigenvalue weighted by Crippen LogP contribution is 2.35. The molecule has 0 heterocycles. The molecule has 0 saturated heterocycles. The Morgan fingerprint density at radius 1 is 1.21 bits per heavy atom. The standard InChI is InChI=1S/C21H27N3O3S/c1-15-8-11-19(12-20(15)28(22,26)27)23-21(25)14-24(16(2)18-9-10-18)13-17-6-4-3-5-7-17/h3-8,11-12,16,18H,9-10,13-14H2,1-2H3,(H,23,25)(H2,22,26,27). The number of anilines is 1. The molecule has 0 radical (unpaired) electrons. The first-order valence-corrected chi connectivity index (χ1v) is 11.0. The van der Waals surface area contributed by atoms with Crippen LogP contribution in [0.3, 0.4) is 0 Å². The highest BCUT2D eigenvalue weighted by atomic mass is 32.2. The molecule has 0 aromatic heterocycles. The third-order valence-corrected chi connectivity index (χ3v) is 6.29. The van der Waals surface area contributed by atoms with E-state index in [4.69, 9.17) is 5.14 Å². The molecule has 3 rings (SSSR count). The van der Waals surface area contributed by atoms with Crippen LogP contribution in [0.5, 0.6) is 0 Å². The van der Waals surface area contributed by atoms with Crippen LogP contribution in [0.1, 0.15) is 30.9 Å². The van der Waals surface area contributed by atoms with Gasteiger partial charge in [-0.15, -0.1) is 0 Å². The molecule has 0 aliphatic heterocycles. The fraction of sp³-hybridized carbons (Fsp3) is 0.381. The molecule has 150 valence electrons. The van der Waals surface area contributed by atoms with E-state index in [2.05, 4.69) is 29.3 Å². The molecule has 2 aromatic carbocycles. The molecular weight excluding hydrogens is 374 g/mol. The van der Waals surface area contributed by atoms with Crippen molar-refractivity contribution in [2.45, 2.75) is 44.2 Å². The zero-order valence-corrected chi connectivity index (χ0v) is 17.1. The van der Waals surface area contributed by atoms with Gasteiger partial charge in [-0.3, -0.25) is 9.69 Å². The fourth-order valence-corrected chi connectivity index (χ4v) is 4.22. The maximum absolute atomic E-state index is 12.7. The first-order valence-electron chi connectivity index (χ1n) is 9.45. The van der Waals surface area contributed by atoms with Gasteiger partial charge >= 0.3 is 0 Å². The van der Waals surface area contributed by atoms with Crippen LogP contribution in [-0.2, 0) is 21.4 Å². The molecule has 1 amide bonds. The topological polar surface area (TPSA) is 92.5 Å². The Balaban J connectivity index is 1.71. The largest absolute Gasteiger partial charge is 0.325 e. The van der Waals surface area contributed by atoms with Crippen LogP contribution in [0.4, 0.5) is 5.69 Å². The van der Waals surface area contributed by atoms with Crippen LogP contribution in [0, 0.1) is 12.8 Å². The van der Waals surface area contributed by atoms with Crippen molar-refractivity contribution in [3.05, 3.63) is 59.7 Å². The maximum Gasteiger partial charge on any atom is 0.238 e. The van der Waals surface area contributed by atoms with Gasteiger partial charge in [-0.2, -0.15) is 0 Å². The number of primary sulfonamides is 1. The summed E-state index contributed by atoms with van der Waals surface area (Å²) in [6.07, 6.45) is 2.40. The summed E-state index contributed by atoms with van der Waals surface area (Å²) in [6, 6.07) is 15.1. The van der Waals surface area contributed by atoms with E-state index in [1.165, 1.54) is 18.9 Å². The van der Waals surface area contributed by atoms with Gasteiger partial charge in [0.1, 0.15) is 0 Å². The van der Waals surface area contributed by atoms with Crippen molar-refractivity contribution >= 4 is 21.6 Å². The second-order valence-corrected chi connectivity index (χ2v) is 9.07. The van der Waals surface area contributed by atoms with Crippen LogP contribution < -0.4 is 10.5 Å². The highest BCUT2D eigenvalue weighted by molar-refractivity contribution is 7.89. The summed E-state index contributed by atoms with van der Waals surface area (Å²) < 4.78 is 23.4. The molecule has 2 aromatic rings. The lowest BCUT2D eigenvalue weighted by Crippen LogP contribution is -2.40. The Bertz CT molecular complexity index is 941. The first-order chi connectivity index (χ1) is 13.2. The average molecular weight is 402 g/mol. The second kappa shape index (κ2) is 8.43. The zero-order valence-electron chi connectivity index (χ0n) is 16.3. The van der Waals surface area contributed by atoms with Crippen molar-refractivity contribution in [3.63, 3.8) is 0 Å². The number of rotatable bonds is 8. The van der Waals surface area contributed by atoms with E-state index in [-0.39, 0.29) is 17.3 Å². The predicted molar refractivity (Wildman–Crippen MR) is 110 cm³/mol. The average Bonchev–Trinajstić information content (AvgIpc) is 3.47. The zero-order chi connectivity index (χ0) is 20.3. The van der Waals surface area contributed by atoms with Gasteiger partial charge in [-0.25, -0.2) is 13.6 Å². The van der Waals surface area contributed by atoms with Crippen molar-refractivity contribution in [2.24, 2.45) is 11.1 Å². The molecular formula is C21H27N3O3S. The number of hydrogen-bond donors (Lipinski definition) is 2. The van der Waals surface area contributed by atoms with Crippen LogP contribution in [0.25, 0.3) is 0 Å². The third kappa shape index (κ3) is 5.41. The van der Waals surface area contributed by atoms with Gasteiger partial charge in [0.2, 0.25) is 15.9 Å². The number of sulfonamides is 1. The van der Waals surface area contributed by atoms with Gasteiger partial charge < -0.3 is 5.32 Å². The summed E-state index contributed by atoms with van der Waals surface area (Å²) in [5.74, 6) is 0.456. The Morgan fingerprint density at radius 3 is 2.50 bits per heavy atom. The van der Waals surface area contributed by atoms with Gasteiger partial charge in [0.25, 0.3) is 0 Å². The summed E-state index contributed by atoms with van der Waals surface area (Å²) in [7, 11) is -3.83. The Hall–Kier alpha value is -2.22. The van der Waals surface area contributed by atoms with Crippen molar-refractivity contribution < 1.29 is 13.2 Å². The van der Waals surface area contributed by atoms with Gasteiger partial charge in [0.15, 0.2) is 0 Å². The molecule has 1 aliphatic rings. The number of nitrogens with one attached hydrogen (secondary N) is 1. The van der Waals surface area contributed by atoms with Gasteiger partial charge in [-0.1, -0.05) is 36.4 Å². The molecule has 0 bridgehead atoms. The first kappa shape index (κ1) is 20.5. The van der Waals surface area contributed by atoms with E-state index in [9.17, 15) is 13.2 Å². The smallest absolute Gasteiger partial charge is 0.238 e. The molecule has 1 unspecified atom stereocenters. The second-order valence-electron chi connectivity index (χ2n) is 7.54. The minimum Gasteiger partial charge on any atom is -0.325 e. The number of nitrogens with two attached hydrogens (primary N) is 1. The van der Waals surface area contributed by atoms with Crippen LogP contribution in [-0.4, -0.2) is 31.8 Å². The van der Waals surface area contributed by atoms with E-state index in [1.54, 1.807) is 19.1 Å². The van der Waals surface area contributed by atoms with Gasteiger partial charge in [0.05, 0.1) is 11.4 Å². The van der Waals surface area contributed by atoms with Crippen molar-refractivity contribution in [2.75, 3.05) is 11.9 Å². The highest BCUT2D eigenvalue weighted by Gasteiger charge is 2.32. The summed E-state index contributed by atoms with van der Waals surface area (Å²) in [6.45, 7) is 4.77. The monoisotopic (exact) mass is 401 g/mol. The molecule has 3 N–H and O–H groups in total. The third-order valence-electron chi connectivity index (χ3n) is 5.23. The van der Waals surface area contributed by atoms with Crippen LogP contribution in [0.15, 0.2) is 53.4 Å². The molecule has 1 fully saturated rings. The van der Waals surface area contributed by atoms with Crippen molar-refractivity contribution in [1.82, 2.24) is 4.90 Å². The van der Waals surface area contributed by atoms with Gasteiger partial charge in [0, 0.05) is 18.3 Å². The van der Waals surface area contributed by atoms with Crippen molar-refractivity contribution in [1.29, 1.82) is 0 Å². The number of nitrogens with zero attached hydrogens (tertiary/aromatic N) is 1. The SMILES string of the molecule is Cc1ccc(NC(=O)CN(Cc2ccccc2)C(C)C2CC2)cc1S(N)(=O)=O. The molecule has 1 aliphatic carbocycles. The summed E-state index contributed by atoms with van der Waals surface area (Å²) in [5.41, 5.74) is 2.14. The minimum absolute atomic E-state index is 0.0257. The quantitative estimate of drug-likeness (QED) is 0.711. The number of aryl methyl sites for hydroxylation is 1. The number of amides is 1.